The molecule has 0 bridgehead atoms. The number of aromatic amines is 1. The molecule has 0 aromatic carbocycles. The number of ether oxygens (including phenoxy) is 1. The van der Waals surface area contributed by atoms with Gasteiger partial charge in [-0.3, -0.25) is 5.10 Å². The molecule has 6 nitrogen and oxygen atoms in total. The second-order valence-corrected chi connectivity index (χ2v) is 6.38. The number of aryl methyl sites for hydroxylation is 2. The van der Waals surface area contributed by atoms with Crippen LogP contribution >= 0.6 is 0 Å². The molecule has 1 aromatic rings. The van der Waals surface area contributed by atoms with E-state index in [0.717, 1.165) is 12.8 Å². The number of hydrogen-bond acceptors (Lipinski definition) is 4. The van der Waals surface area contributed by atoms with Crippen molar-refractivity contribution in [1.82, 2.24) is 14.9 Å². The summed E-state index contributed by atoms with van der Waals surface area (Å²) in [4.78, 5) is 0.243. The smallest absolute Gasteiger partial charge is 0.244 e. The lowest BCUT2D eigenvalue weighted by Gasteiger charge is -2.19. The van der Waals surface area contributed by atoms with E-state index in [4.69, 9.17) is 4.74 Å². The fourth-order valence-electron chi connectivity index (χ4n) is 2.31. The predicted molar refractivity (Wildman–Crippen MR) is 66.8 cm³/mol. The minimum absolute atomic E-state index is 0.0349. The summed E-state index contributed by atoms with van der Waals surface area (Å²) in [5.74, 6) is 0. The van der Waals surface area contributed by atoms with Gasteiger partial charge in [0, 0.05) is 12.6 Å². The Balaban J connectivity index is 2.17. The molecule has 1 aromatic heterocycles. The lowest BCUT2D eigenvalue weighted by molar-refractivity contribution is 0.0902. The average Bonchev–Trinajstić information content (AvgIpc) is 2.87. The van der Waals surface area contributed by atoms with Gasteiger partial charge in [0.15, 0.2) is 0 Å². The first kappa shape index (κ1) is 13.5. The topological polar surface area (TPSA) is 84.1 Å². The normalized spacial score (nSPS) is 22.3. The number of nitrogens with zero attached hydrogens (tertiary/aromatic N) is 1. The molecule has 18 heavy (non-hydrogen) atoms. The van der Waals surface area contributed by atoms with Gasteiger partial charge in [-0.25, -0.2) is 13.1 Å². The molecule has 1 fully saturated rings. The van der Waals surface area contributed by atoms with Crippen molar-refractivity contribution >= 4 is 10.0 Å². The van der Waals surface area contributed by atoms with Gasteiger partial charge in [0.25, 0.3) is 0 Å². The molecule has 0 saturated carbocycles. The quantitative estimate of drug-likeness (QED) is 0.852. The Kier molecular flexibility index (Phi) is 3.74. The number of aromatic nitrogens is 2. The first-order valence-corrected chi connectivity index (χ1v) is 7.55. The molecule has 2 atom stereocenters. The molecule has 102 valence electrons. The molecule has 1 aliphatic rings. The molecule has 7 heteroatoms. The van der Waals surface area contributed by atoms with Crippen molar-refractivity contribution in [2.75, 3.05) is 6.61 Å². The molecule has 2 N–H and O–H groups in total. The van der Waals surface area contributed by atoms with E-state index in [0.29, 0.717) is 18.0 Å². The molecule has 1 aliphatic heterocycles. The zero-order chi connectivity index (χ0) is 13.3. The monoisotopic (exact) mass is 273 g/mol. The summed E-state index contributed by atoms with van der Waals surface area (Å²) in [5.41, 5.74) is 1.04. The average molecular weight is 273 g/mol. The Hall–Kier alpha value is -0.920. The Morgan fingerprint density at radius 3 is 2.72 bits per heavy atom. The molecule has 0 aliphatic carbocycles. The Labute approximate surface area is 107 Å². The van der Waals surface area contributed by atoms with Crippen LogP contribution in [0, 0.1) is 13.8 Å². The van der Waals surface area contributed by atoms with Gasteiger partial charge >= 0.3 is 0 Å². The van der Waals surface area contributed by atoms with Gasteiger partial charge in [0.05, 0.1) is 17.5 Å². The summed E-state index contributed by atoms with van der Waals surface area (Å²) in [5, 5.41) is 6.60. The van der Waals surface area contributed by atoms with E-state index < -0.39 is 10.0 Å². The molecule has 2 heterocycles. The number of hydrogen-bond donors (Lipinski definition) is 2. The van der Waals surface area contributed by atoms with Crippen LogP contribution in [0.5, 0.6) is 0 Å². The highest BCUT2D eigenvalue weighted by molar-refractivity contribution is 7.89. The van der Waals surface area contributed by atoms with Crippen molar-refractivity contribution < 1.29 is 13.2 Å². The molecule has 0 spiro atoms. The maximum absolute atomic E-state index is 12.3. The molecule has 2 unspecified atom stereocenters. The SMILES string of the molecule is Cc1n[nH]c(C)c1S(=O)(=O)NC(C)C1CCCO1. The van der Waals surface area contributed by atoms with Crippen molar-refractivity contribution in [3.05, 3.63) is 11.4 Å². The van der Waals surface area contributed by atoms with Crippen molar-refractivity contribution in [2.24, 2.45) is 0 Å². The lowest BCUT2D eigenvalue weighted by Crippen LogP contribution is -2.41. The summed E-state index contributed by atoms with van der Waals surface area (Å²) < 4.78 is 32.7. The summed E-state index contributed by atoms with van der Waals surface area (Å²) >= 11 is 0. The van der Waals surface area contributed by atoms with Crippen LogP contribution in [0.15, 0.2) is 4.90 Å². The van der Waals surface area contributed by atoms with E-state index in [1.165, 1.54) is 0 Å². The summed E-state index contributed by atoms with van der Waals surface area (Å²) in [7, 11) is -3.54. The van der Waals surface area contributed by atoms with Crippen LogP contribution < -0.4 is 4.72 Å². The van der Waals surface area contributed by atoms with E-state index in [2.05, 4.69) is 14.9 Å². The van der Waals surface area contributed by atoms with Crippen LogP contribution in [0.25, 0.3) is 0 Å². The van der Waals surface area contributed by atoms with E-state index in [9.17, 15) is 8.42 Å². The van der Waals surface area contributed by atoms with Crippen molar-refractivity contribution in [3.8, 4) is 0 Å². The number of rotatable bonds is 4. The highest BCUT2D eigenvalue weighted by atomic mass is 32.2. The van der Waals surface area contributed by atoms with Gasteiger partial charge in [-0.15, -0.1) is 0 Å². The Bertz CT molecular complexity index is 498. The number of H-pyrrole nitrogens is 1. The van der Waals surface area contributed by atoms with Gasteiger partial charge < -0.3 is 4.74 Å². The molecule has 0 amide bonds. The van der Waals surface area contributed by atoms with Crippen molar-refractivity contribution in [1.29, 1.82) is 0 Å². The largest absolute Gasteiger partial charge is 0.377 e. The molecule has 0 radical (unpaired) electrons. The maximum Gasteiger partial charge on any atom is 0.244 e. The highest BCUT2D eigenvalue weighted by Crippen LogP contribution is 2.20. The lowest BCUT2D eigenvalue weighted by atomic mass is 10.1. The Morgan fingerprint density at radius 2 is 2.22 bits per heavy atom. The predicted octanol–water partition coefficient (Wildman–Crippen LogP) is 0.872. The van der Waals surface area contributed by atoms with E-state index >= 15 is 0 Å². The van der Waals surface area contributed by atoms with Gasteiger partial charge in [-0.1, -0.05) is 0 Å². The van der Waals surface area contributed by atoms with Crippen LogP contribution in [-0.4, -0.2) is 37.4 Å². The third-order valence-corrected chi connectivity index (χ3v) is 5.01. The van der Waals surface area contributed by atoms with Gasteiger partial charge in [-0.05, 0) is 33.6 Å². The minimum Gasteiger partial charge on any atom is -0.377 e. The standard InChI is InChI=1S/C11H19N3O3S/c1-7(10-5-4-6-17-10)14-18(15,16)11-8(2)12-13-9(11)3/h7,10,14H,4-6H2,1-3H3,(H,12,13). The minimum atomic E-state index is -3.54. The number of sulfonamides is 1. The van der Waals surface area contributed by atoms with Crippen molar-refractivity contribution in [2.45, 2.75) is 50.7 Å². The second-order valence-electron chi connectivity index (χ2n) is 4.72. The van der Waals surface area contributed by atoms with Gasteiger partial charge in [-0.2, -0.15) is 5.10 Å². The highest BCUT2D eigenvalue weighted by Gasteiger charge is 2.29. The maximum atomic E-state index is 12.3. The summed E-state index contributed by atoms with van der Waals surface area (Å²) in [6.07, 6.45) is 1.85. The number of nitrogens with one attached hydrogen (secondary N) is 2. The molecular formula is C11H19N3O3S. The van der Waals surface area contributed by atoms with E-state index in [-0.39, 0.29) is 17.0 Å². The molecule has 1 saturated heterocycles. The zero-order valence-corrected chi connectivity index (χ0v) is 11.7. The van der Waals surface area contributed by atoms with E-state index in [1.54, 1.807) is 13.8 Å². The van der Waals surface area contributed by atoms with Gasteiger partial charge in [0.1, 0.15) is 4.90 Å². The van der Waals surface area contributed by atoms with Crippen LogP contribution in [0.3, 0.4) is 0 Å². The first-order chi connectivity index (χ1) is 8.42. The molecule has 2 rings (SSSR count). The zero-order valence-electron chi connectivity index (χ0n) is 10.9. The van der Waals surface area contributed by atoms with Gasteiger partial charge in [0.2, 0.25) is 10.0 Å². The second kappa shape index (κ2) is 4.99. The third-order valence-electron chi connectivity index (χ3n) is 3.19. The third kappa shape index (κ3) is 2.57. The van der Waals surface area contributed by atoms with Crippen molar-refractivity contribution in [3.63, 3.8) is 0 Å². The summed E-state index contributed by atoms with van der Waals surface area (Å²) in [6, 6.07) is -0.230. The summed E-state index contributed by atoms with van der Waals surface area (Å²) in [6.45, 7) is 5.92. The van der Waals surface area contributed by atoms with Crippen LogP contribution in [-0.2, 0) is 14.8 Å². The fourth-order valence-corrected chi connectivity index (χ4v) is 3.96. The first-order valence-electron chi connectivity index (χ1n) is 6.07. The Morgan fingerprint density at radius 1 is 1.50 bits per heavy atom. The van der Waals surface area contributed by atoms with Crippen LogP contribution in [0.4, 0.5) is 0 Å². The van der Waals surface area contributed by atoms with Crippen LogP contribution in [0.2, 0.25) is 0 Å². The van der Waals surface area contributed by atoms with Crippen LogP contribution in [0.1, 0.15) is 31.2 Å². The molecular weight excluding hydrogens is 254 g/mol. The van der Waals surface area contributed by atoms with E-state index in [1.807, 2.05) is 6.92 Å². The fraction of sp³-hybridized carbons (Fsp3) is 0.727.